The van der Waals surface area contributed by atoms with Crippen molar-refractivity contribution in [1.29, 1.82) is 5.26 Å². The van der Waals surface area contributed by atoms with Crippen molar-refractivity contribution in [2.45, 2.75) is 46.0 Å². The lowest BCUT2D eigenvalue weighted by Crippen LogP contribution is -2.41. The fraction of sp³-hybridized carbons (Fsp3) is 0.500. The van der Waals surface area contributed by atoms with Crippen LogP contribution in [0.15, 0.2) is 40.7 Å². The number of esters is 2. The quantitative estimate of drug-likeness (QED) is 0.650. The molecule has 0 radical (unpaired) electrons. The Morgan fingerprint density at radius 2 is 1.81 bits per heavy atom. The molecule has 0 saturated carbocycles. The molecule has 2 heterocycles. The zero-order valence-electron chi connectivity index (χ0n) is 18.4. The monoisotopic (exact) mass is 423 g/mol. The molecule has 1 saturated heterocycles. The first-order chi connectivity index (χ1) is 15.0. The molecule has 31 heavy (non-hydrogen) atoms. The van der Waals surface area contributed by atoms with Gasteiger partial charge in [-0.15, -0.1) is 0 Å². The summed E-state index contributed by atoms with van der Waals surface area (Å²) in [5.74, 6) is -1.92. The van der Waals surface area contributed by atoms with E-state index in [0.29, 0.717) is 28.2 Å². The third kappa shape index (κ3) is 4.63. The summed E-state index contributed by atoms with van der Waals surface area (Å²) < 4.78 is 10.8. The van der Waals surface area contributed by atoms with E-state index in [1.807, 2.05) is 6.07 Å². The number of likely N-dealkylation sites (tertiary alicyclic amines) is 1. The van der Waals surface area contributed by atoms with Crippen LogP contribution in [-0.4, -0.2) is 48.9 Å². The largest absolute Gasteiger partial charge is 0.465 e. The van der Waals surface area contributed by atoms with Crippen molar-refractivity contribution in [1.82, 2.24) is 4.90 Å². The molecule has 2 atom stereocenters. The van der Waals surface area contributed by atoms with E-state index in [4.69, 9.17) is 14.5 Å². The molecule has 0 N–H and O–H groups in total. The van der Waals surface area contributed by atoms with E-state index in [1.54, 1.807) is 39.0 Å². The van der Waals surface area contributed by atoms with E-state index < -0.39 is 23.8 Å². The van der Waals surface area contributed by atoms with Crippen LogP contribution in [0.25, 0.3) is 0 Å². The molecule has 7 nitrogen and oxygen atoms in total. The Kier molecular flexibility index (Phi) is 7.45. The van der Waals surface area contributed by atoms with Crippen molar-refractivity contribution in [3.8, 4) is 6.07 Å². The van der Waals surface area contributed by atoms with Crippen molar-refractivity contribution >= 4 is 17.7 Å². The molecule has 0 aromatic heterocycles. The second kappa shape index (κ2) is 10.3. The maximum absolute atomic E-state index is 13.3. The fourth-order valence-electron chi connectivity index (χ4n) is 4.36. The summed E-state index contributed by atoms with van der Waals surface area (Å²) >= 11 is 0. The first kappa shape index (κ1) is 22.5. The minimum absolute atomic E-state index is 0.203. The Morgan fingerprint density at radius 3 is 2.45 bits per heavy atom. The summed E-state index contributed by atoms with van der Waals surface area (Å²) in [7, 11) is 0. The summed E-state index contributed by atoms with van der Waals surface area (Å²) in [5.41, 5.74) is 1.92. The molecule has 164 valence electrons. The van der Waals surface area contributed by atoms with Gasteiger partial charge in [-0.3, -0.25) is 4.79 Å². The molecule has 0 amide bonds. The van der Waals surface area contributed by atoms with Crippen LogP contribution in [0.5, 0.6) is 0 Å². The normalized spacial score (nSPS) is 21.2. The highest BCUT2D eigenvalue weighted by molar-refractivity contribution is 6.07. The second-order valence-electron chi connectivity index (χ2n) is 7.67. The highest BCUT2D eigenvalue weighted by Gasteiger charge is 2.45. The number of hydrogen-bond donors (Lipinski definition) is 0. The average molecular weight is 424 g/mol. The van der Waals surface area contributed by atoms with Crippen molar-refractivity contribution in [2.24, 2.45) is 10.9 Å². The smallest absolute Gasteiger partial charge is 0.338 e. The van der Waals surface area contributed by atoms with Crippen LogP contribution in [0.4, 0.5) is 0 Å². The summed E-state index contributed by atoms with van der Waals surface area (Å²) in [6.07, 6.45) is 3.15. The van der Waals surface area contributed by atoms with Crippen molar-refractivity contribution in [3.05, 3.63) is 46.8 Å². The second-order valence-corrected chi connectivity index (χ2v) is 7.67. The van der Waals surface area contributed by atoms with E-state index in [-0.39, 0.29) is 13.2 Å². The molecule has 1 aromatic rings. The molecule has 2 aliphatic heterocycles. The Morgan fingerprint density at radius 1 is 1.13 bits per heavy atom. The lowest BCUT2D eigenvalue weighted by Gasteiger charge is -2.37. The first-order valence-electron chi connectivity index (χ1n) is 10.9. The van der Waals surface area contributed by atoms with E-state index >= 15 is 0 Å². The predicted octanol–water partition coefficient (Wildman–Crippen LogP) is 3.56. The Bertz CT molecular complexity index is 938. The zero-order chi connectivity index (χ0) is 22.4. The topological polar surface area (TPSA) is 92.0 Å². The SMILES string of the molecule is CCOC(=O)C1=C(N2CCCCC2)N=C(C)C(C(=O)OCC)C1c1ccccc1C#N. The lowest BCUT2D eigenvalue weighted by molar-refractivity contribution is -0.146. The molecule has 7 heteroatoms. The molecule has 0 spiro atoms. The van der Waals surface area contributed by atoms with E-state index in [2.05, 4.69) is 11.0 Å². The first-order valence-corrected chi connectivity index (χ1v) is 10.9. The van der Waals surface area contributed by atoms with Crippen LogP contribution < -0.4 is 0 Å². The lowest BCUT2D eigenvalue weighted by atomic mass is 9.74. The van der Waals surface area contributed by atoms with Gasteiger partial charge in [-0.25, -0.2) is 9.79 Å². The van der Waals surface area contributed by atoms with Gasteiger partial charge in [-0.2, -0.15) is 5.26 Å². The van der Waals surface area contributed by atoms with Gasteiger partial charge in [-0.05, 0) is 51.7 Å². The number of hydrogen-bond acceptors (Lipinski definition) is 7. The standard InChI is InChI=1S/C24H29N3O4/c1-4-30-23(28)19-16(3)26-22(27-13-9-6-10-14-27)21(24(29)31-5-2)20(19)18-12-8-7-11-17(18)15-25/h7-8,11-12,19-20H,4-6,9-10,13-14H2,1-3H3. The van der Waals surface area contributed by atoms with Crippen molar-refractivity contribution in [3.63, 3.8) is 0 Å². The van der Waals surface area contributed by atoms with Gasteiger partial charge in [0.05, 0.1) is 30.4 Å². The summed E-state index contributed by atoms with van der Waals surface area (Å²) in [6, 6.07) is 9.27. The molecule has 2 unspecified atom stereocenters. The Hall–Kier alpha value is -3.14. The van der Waals surface area contributed by atoms with Gasteiger partial charge in [0, 0.05) is 24.7 Å². The number of carbonyl (C=O) groups excluding carboxylic acids is 2. The van der Waals surface area contributed by atoms with Crippen LogP contribution >= 0.6 is 0 Å². The minimum Gasteiger partial charge on any atom is -0.465 e. The molecule has 0 bridgehead atoms. The number of nitriles is 1. The van der Waals surface area contributed by atoms with Crippen molar-refractivity contribution in [2.75, 3.05) is 26.3 Å². The van der Waals surface area contributed by atoms with Gasteiger partial charge in [0.25, 0.3) is 0 Å². The summed E-state index contributed by atoms with van der Waals surface area (Å²) in [4.78, 5) is 33.1. The molecule has 2 aliphatic rings. The van der Waals surface area contributed by atoms with Crippen LogP contribution in [0.1, 0.15) is 57.1 Å². The van der Waals surface area contributed by atoms with Crippen LogP contribution in [0.3, 0.4) is 0 Å². The highest BCUT2D eigenvalue weighted by Crippen LogP contribution is 2.42. The van der Waals surface area contributed by atoms with Gasteiger partial charge in [0.1, 0.15) is 11.7 Å². The van der Waals surface area contributed by atoms with Crippen LogP contribution in [0.2, 0.25) is 0 Å². The number of carbonyl (C=O) groups is 2. The third-order valence-corrected chi connectivity index (χ3v) is 5.73. The van der Waals surface area contributed by atoms with Gasteiger partial charge in [0.2, 0.25) is 0 Å². The van der Waals surface area contributed by atoms with Gasteiger partial charge in [-0.1, -0.05) is 18.2 Å². The van der Waals surface area contributed by atoms with E-state index in [1.165, 1.54) is 0 Å². The number of piperidine rings is 1. The maximum Gasteiger partial charge on any atom is 0.338 e. The molecule has 1 aromatic carbocycles. The molecular formula is C24H29N3O4. The Balaban J connectivity index is 2.26. The van der Waals surface area contributed by atoms with Gasteiger partial charge in [0.15, 0.2) is 0 Å². The number of aliphatic imine (C=N–C) groups is 1. The molecule has 3 rings (SSSR count). The van der Waals surface area contributed by atoms with Crippen LogP contribution in [-0.2, 0) is 19.1 Å². The number of benzene rings is 1. The zero-order valence-corrected chi connectivity index (χ0v) is 18.4. The van der Waals surface area contributed by atoms with E-state index in [9.17, 15) is 14.9 Å². The highest BCUT2D eigenvalue weighted by atomic mass is 16.5. The van der Waals surface area contributed by atoms with Gasteiger partial charge < -0.3 is 14.4 Å². The third-order valence-electron chi connectivity index (χ3n) is 5.73. The fourth-order valence-corrected chi connectivity index (χ4v) is 4.36. The average Bonchev–Trinajstić information content (AvgIpc) is 2.79. The van der Waals surface area contributed by atoms with Gasteiger partial charge >= 0.3 is 11.9 Å². The predicted molar refractivity (Wildman–Crippen MR) is 116 cm³/mol. The summed E-state index contributed by atoms with van der Waals surface area (Å²) in [6.45, 7) is 7.26. The number of ether oxygens (including phenoxy) is 2. The number of nitrogens with zero attached hydrogens (tertiary/aromatic N) is 3. The minimum atomic E-state index is -0.803. The number of rotatable bonds is 6. The van der Waals surface area contributed by atoms with Crippen molar-refractivity contribution < 1.29 is 19.1 Å². The molecule has 1 fully saturated rings. The summed E-state index contributed by atoms with van der Waals surface area (Å²) in [5, 5.41) is 9.75. The Labute approximate surface area is 183 Å². The maximum atomic E-state index is 13.3. The van der Waals surface area contributed by atoms with E-state index in [0.717, 1.165) is 32.4 Å². The van der Waals surface area contributed by atoms with Crippen LogP contribution in [0, 0.1) is 17.2 Å². The molecular weight excluding hydrogens is 394 g/mol. The molecule has 0 aliphatic carbocycles.